The van der Waals surface area contributed by atoms with E-state index < -0.39 is 46.7 Å². The molecule has 2 heterocycles. The van der Waals surface area contributed by atoms with E-state index in [4.69, 9.17) is 5.11 Å². The van der Waals surface area contributed by atoms with Gasteiger partial charge in [-0.15, -0.1) is 0 Å². The summed E-state index contributed by atoms with van der Waals surface area (Å²) in [6, 6.07) is 2.06. The van der Waals surface area contributed by atoms with E-state index in [1.807, 2.05) is 0 Å². The Balaban J connectivity index is 2.29. The number of rotatable bonds is 3. The molecule has 0 aliphatic heterocycles. The minimum Gasteiger partial charge on any atom is -0.464 e. The summed E-state index contributed by atoms with van der Waals surface area (Å²) in [5.74, 6) is -2.52. The van der Waals surface area contributed by atoms with Crippen LogP contribution in [0.2, 0.25) is 0 Å². The van der Waals surface area contributed by atoms with Crippen molar-refractivity contribution in [2.75, 3.05) is 0 Å². The quantitative estimate of drug-likeness (QED) is 0.612. The normalized spacial score (nSPS) is 10.4. The number of ether oxygens (including phenoxy) is 1. The van der Waals surface area contributed by atoms with Crippen LogP contribution in [0.3, 0.4) is 0 Å². The molecule has 0 saturated heterocycles. The predicted octanol–water partition coefficient (Wildman–Crippen LogP) is 0.361. The molecule has 0 aliphatic carbocycles. The summed E-state index contributed by atoms with van der Waals surface area (Å²) in [5, 5.41) is 19.1. The second-order valence-corrected chi connectivity index (χ2v) is 4.10. The van der Waals surface area contributed by atoms with Crippen molar-refractivity contribution in [3.63, 3.8) is 0 Å². The molecule has 2 rings (SSSR count). The maximum atomic E-state index is 13.3. The van der Waals surface area contributed by atoms with Gasteiger partial charge in [0.25, 0.3) is 0 Å². The van der Waals surface area contributed by atoms with Crippen LogP contribution in [0.25, 0.3) is 0 Å². The van der Waals surface area contributed by atoms with Crippen LogP contribution < -0.4 is 11.2 Å². The van der Waals surface area contributed by atoms with Gasteiger partial charge in [-0.05, 0) is 6.07 Å². The lowest BCUT2D eigenvalue weighted by Gasteiger charge is -2.06. The van der Waals surface area contributed by atoms with Gasteiger partial charge in [0, 0.05) is 0 Å². The van der Waals surface area contributed by atoms with E-state index in [0.717, 1.165) is 12.1 Å². The molecule has 0 bridgehead atoms. The van der Waals surface area contributed by atoms with Gasteiger partial charge in [-0.25, -0.2) is 14.4 Å². The second-order valence-electron chi connectivity index (χ2n) is 4.10. The molecule has 126 valence electrons. The average Bonchev–Trinajstić information content (AvgIpc) is 2.98. The lowest BCUT2D eigenvalue weighted by Crippen LogP contribution is -2.46. The zero-order valence-electron chi connectivity index (χ0n) is 11.4. The lowest BCUT2D eigenvalue weighted by molar-refractivity contribution is -0.402. The summed E-state index contributed by atoms with van der Waals surface area (Å²) < 4.78 is 21.9. The number of nitro groups is 1. The van der Waals surface area contributed by atoms with Crippen LogP contribution >= 0.6 is 0 Å². The number of aromatic nitrogens is 2. The third-order valence-electron chi connectivity index (χ3n) is 2.60. The minimum atomic E-state index is -1.93. The largest absolute Gasteiger partial charge is 0.464 e. The lowest BCUT2D eigenvalue weighted by atomic mass is 10.5. The molecule has 0 spiro atoms. The zero-order chi connectivity index (χ0) is 18.0. The predicted molar refractivity (Wildman–Crippen MR) is 69.3 cm³/mol. The molecule has 0 unspecified atom stereocenters. The summed E-state index contributed by atoms with van der Waals surface area (Å²) in [6.45, 7) is -0.720. The van der Waals surface area contributed by atoms with Crippen molar-refractivity contribution in [1.82, 2.24) is 9.13 Å². The van der Waals surface area contributed by atoms with Gasteiger partial charge < -0.3 is 14.3 Å². The van der Waals surface area contributed by atoms with Gasteiger partial charge in [-0.2, -0.15) is 13.5 Å². The molecule has 12 nitrogen and oxygen atoms in total. The molecule has 2 aromatic rings. The van der Waals surface area contributed by atoms with Gasteiger partial charge in [0.05, 0.1) is 12.3 Å². The summed E-state index contributed by atoms with van der Waals surface area (Å²) in [4.78, 5) is 55.2. The van der Waals surface area contributed by atoms with Crippen LogP contribution in [-0.2, 0) is 11.3 Å². The molecular formula is C11H6FN3O9. The maximum absolute atomic E-state index is 13.3. The Hall–Kier alpha value is -3.77. The molecule has 0 aliphatic rings. The number of furan rings is 1. The van der Waals surface area contributed by atoms with Crippen LogP contribution in [0.1, 0.15) is 5.76 Å². The molecule has 0 radical (unpaired) electrons. The van der Waals surface area contributed by atoms with Crippen molar-refractivity contribution in [2.24, 2.45) is 0 Å². The fourth-order valence-electron chi connectivity index (χ4n) is 1.56. The summed E-state index contributed by atoms with van der Waals surface area (Å²) in [5.41, 5.74) is -3.38. The molecule has 0 atom stereocenters. The fourth-order valence-corrected chi connectivity index (χ4v) is 1.56. The topological polar surface area (TPSA) is 164 Å². The molecule has 2 aromatic heterocycles. The van der Waals surface area contributed by atoms with Gasteiger partial charge in [0.1, 0.15) is 10.7 Å². The minimum absolute atomic E-state index is 0.104. The first-order valence-corrected chi connectivity index (χ1v) is 5.90. The number of carbonyl (C=O) groups excluding carboxylic acids is 1. The third kappa shape index (κ3) is 3.03. The number of nitrogens with zero attached hydrogens (tertiary/aromatic N) is 3. The Labute approximate surface area is 129 Å². The van der Waals surface area contributed by atoms with Crippen molar-refractivity contribution in [3.05, 3.63) is 60.9 Å². The van der Waals surface area contributed by atoms with Crippen molar-refractivity contribution >= 4 is 18.1 Å². The van der Waals surface area contributed by atoms with E-state index in [1.54, 1.807) is 0 Å². The van der Waals surface area contributed by atoms with Gasteiger partial charge in [-0.1, -0.05) is 0 Å². The molecule has 0 aromatic carbocycles. The van der Waals surface area contributed by atoms with Crippen LogP contribution in [0.4, 0.5) is 19.9 Å². The van der Waals surface area contributed by atoms with Gasteiger partial charge in [0.15, 0.2) is 6.61 Å². The number of hydrogen-bond donors (Lipinski definition) is 1. The zero-order valence-corrected chi connectivity index (χ0v) is 11.4. The van der Waals surface area contributed by atoms with Gasteiger partial charge in [-0.3, -0.25) is 14.9 Å². The number of halogens is 1. The molecule has 0 saturated carbocycles. The Morgan fingerprint density at radius 2 is 2.04 bits per heavy atom. The van der Waals surface area contributed by atoms with Crippen LogP contribution in [0.15, 0.2) is 32.3 Å². The summed E-state index contributed by atoms with van der Waals surface area (Å²) in [6.07, 6.45) is -3.51. The van der Waals surface area contributed by atoms with E-state index in [2.05, 4.69) is 9.15 Å². The highest BCUT2D eigenvalue weighted by Gasteiger charge is 2.22. The number of carbonyl (C=O) groups is 2. The SMILES string of the molecule is O=C(O)n1cc(F)c(=O)n(C(=O)OCc2ccc([N+](=O)[O-])o2)c1=O. The van der Waals surface area contributed by atoms with Crippen molar-refractivity contribution < 1.29 is 33.2 Å². The Morgan fingerprint density at radius 1 is 1.38 bits per heavy atom. The monoisotopic (exact) mass is 343 g/mol. The fraction of sp³-hybridized carbons (Fsp3) is 0.0909. The first-order chi connectivity index (χ1) is 11.2. The van der Waals surface area contributed by atoms with Crippen LogP contribution in [0, 0.1) is 15.9 Å². The first-order valence-electron chi connectivity index (χ1n) is 5.90. The molecule has 0 amide bonds. The van der Waals surface area contributed by atoms with E-state index >= 15 is 0 Å². The average molecular weight is 343 g/mol. The molecular weight excluding hydrogens is 337 g/mol. The molecule has 24 heavy (non-hydrogen) atoms. The number of hydrogen-bond acceptors (Lipinski definition) is 8. The molecule has 1 N–H and O–H groups in total. The van der Waals surface area contributed by atoms with Crippen molar-refractivity contribution in [2.45, 2.75) is 6.61 Å². The third-order valence-corrected chi connectivity index (χ3v) is 2.60. The maximum Gasteiger partial charge on any atom is 0.433 e. The van der Waals surface area contributed by atoms with Crippen LogP contribution in [0.5, 0.6) is 0 Å². The van der Waals surface area contributed by atoms with Crippen LogP contribution in [-0.4, -0.2) is 31.4 Å². The Bertz CT molecular complexity index is 954. The highest BCUT2D eigenvalue weighted by Crippen LogP contribution is 2.16. The van der Waals surface area contributed by atoms with E-state index in [1.165, 1.54) is 0 Å². The first kappa shape index (κ1) is 16.6. The van der Waals surface area contributed by atoms with E-state index in [9.17, 15) is 33.7 Å². The highest BCUT2D eigenvalue weighted by atomic mass is 19.1. The Morgan fingerprint density at radius 3 is 2.58 bits per heavy atom. The Kier molecular flexibility index (Phi) is 4.25. The van der Waals surface area contributed by atoms with E-state index in [0.29, 0.717) is 0 Å². The summed E-state index contributed by atoms with van der Waals surface area (Å²) >= 11 is 0. The number of carboxylic acid groups (broad SMARTS) is 1. The van der Waals surface area contributed by atoms with Crippen molar-refractivity contribution in [3.8, 4) is 0 Å². The summed E-state index contributed by atoms with van der Waals surface area (Å²) in [7, 11) is 0. The second kappa shape index (κ2) is 6.15. The standard InChI is InChI=1S/C11H6FN3O9/c12-6-3-13(10(18)19)9(17)14(8(6)16)11(20)23-4-5-1-2-7(24-5)15(21)22/h1-3H,4H2,(H,18,19). The smallest absolute Gasteiger partial charge is 0.433 e. The van der Waals surface area contributed by atoms with Gasteiger partial charge >= 0.3 is 29.3 Å². The highest BCUT2D eigenvalue weighted by molar-refractivity contribution is 5.72. The van der Waals surface area contributed by atoms with E-state index in [-0.39, 0.29) is 21.1 Å². The molecule has 0 fully saturated rings. The molecule has 13 heteroatoms. The van der Waals surface area contributed by atoms with Crippen molar-refractivity contribution in [1.29, 1.82) is 0 Å². The van der Waals surface area contributed by atoms with Gasteiger partial charge in [0.2, 0.25) is 5.82 Å².